The van der Waals surface area contributed by atoms with Gasteiger partial charge in [-0.05, 0) is 35.4 Å². The molecule has 28 heavy (non-hydrogen) atoms. The van der Waals surface area contributed by atoms with Crippen LogP contribution in [0, 0.1) is 0 Å². The second kappa shape index (κ2) is 8.80. The Hall–Kier alpha value is -2.31. The van der Waals surface area contributed by atoms with Crippen molar-refractivity contribution < 1.29 is 29.0 Å². The fraction of sp³-hybridized carbons (Fsp3) is 0.350. The number of hydrogen-bond donors (Lipinski definition) is 3. The summed E-state index contributed by atoms with van der Waals surface area (Å²) in [5.74, 6) is -0.288. The van der Waals surface area contributed by atoms with Gasteiger partial charge in [0, 0.05) is 13.0 Å². The average molecular weight is 403 g/mol. The van der Waals surface area contributed by atoms with Gasteiger partial charge in [-0.25, -0.2) is 4.79 Å². The summed E-state index contributed by atoms with van der Waals surface area (Å²) in [4.78, 5) is 11.1. The highest BCUT2D eigenvalue weighted by molar-refractivity contribution is 7.25. The summed E-state index contributed by atoms with van der Waals surface area (Å²) in [7, 11) is 1.15. The number of carbonyl (C=O) groups is 1. The monoisotopic (exact) mass is 403 g/mol. The van der Waals surface area contributed by atoms with Crippen molar-refractivity contribution in [3.8, 4) is 5.75 Å². The van der Waals surface area contributed by atoms with Crippen molar-refractivity contribution in [3.63, 3.8) is 0 Å². The Balaban J connectivity index is 1.66. The van der Waals surface area contributed by atoms with Crippen LogP contribution in [0.2, 0.25) is 0 Å². The number of ether oxygens (including phenoxy) is 2. The molecule has 0 spiro atoms. The van der Waals surface area contributed by atoms with Crippen LogP contribution in [0.5, 0.6) is 5.75 Å². The zero-order valence-corrected chi connectivity index (χ0v) is 16.3. The summed E-state index contributed by atoms with van der Waals surface area (Å²) in [6.07, 6.45) is -0.513. The van der Waals surface area contributed by atoms with Gasteiger partial charge in [0.1, 0.15) is 11.9 Å². The van der Waals surface area contributed by atoms with Gasteiger partial charge in [-0.2, -0.15) is 0 Å². The first-order chi connectivity index (χ1) is 13.4. The average Bonchev–Trinajstić information content (AvgIpc) is 2.74. The van der Waals surface area contributed by atoms with E-state index in [4.69, 9.17) is 14.6 Å². The Morgan fingerprint density at radius 3 is 2.64 bits per heavy atom. The molecule has 8 heteroatoms. The molecule has 3 N–H and O–H groups in total. The van der Waals surface area contributed by atoms with Gasteiger partial charge in [0.05, 0.1) is 25.3 Å². The molecule has 1 unspecified atom stereocenters. The van der Waals surface area contributed by atoms with E-state index in [1.54, 1.807) is 31.4 Å². The lowest BCUT2D eigenvalue weighted by atomic mass is 9.99. The summed E-state index contributed by atoms with van der Waals surface area (Å²) in [6.45, 7) is 0.512. The minimum Gasteiger partial charge on any atom is -0.497 e. The Kier molecular flexibility index (Phi) is 6.42. The zero-order chi connectivity index (χ0) is 20.1. The van der Waals surface area contributed by atoms with Gasteiger partial charge in [0.15, 0.2) is 13.8 Å². The van der Waals surface area contributed by atoms with E-state index in [1.165, 1.54) is 6.07 Å². The minimum absolute atomic E-state index is 0.160. The van der Waals surface area contributed by atoms with E-state index in [0.29, 0.717) is 5.75 Å². The lowest BCUT2D eigenvalue weighted by molar-refractivity contribution is -0.0853. The third kappa shape index (κ3) is 4.56. The SMILES string of the molecule is COc1ccc(CC(O)(P=O)[C@H]2CN[C@H](c3cccc(C(=O)O)c3)CO2)cc1. The zero-order valence-electron chi connectivity index (χ0n) is 15.4. The standard InChI is InChI=1S/C20H22NO6P/c1-26-16-7-5-13(6-8-16)10-20(24,28-25)18-11-21-17(12-27-18)14-3-2-4-15(9-14)19(22)23/h2-9,17-18,21,24H,10-12H2,1H3,(H,22,23)/t17-,18+,20?/m0/s1. The van der Waals surface area contributed by atoms with E-state index in [-0.39, 0.29) is 31.2 Å². The predicted molar refractivity (Wildman–Crippen MR) is 103 cm³/mol. The molecule has 0 bridgehead atoms. The number of nitrogens with one attached hydrogen (secondary N) is 1. The normalized spacial score (nSPS) is 21.8. The van der Waals surface area contributed by atoms with Crippen molar-refractivity contribution in [1.82, 2.24) is 5.32 Å². The van der Waals surface area contributed by atoms with Crippen LogP contribution in [0.3, 0.4) is 0 Å². The molecule has 7 nitrogen and oxygen atoms in total. The molecule has 3 atom stereocenters. The van der Waals surface area contributed by atoms with Crippen molar-refractivity contribution in [3.05, 3.63) is 65.2 Å². The number of rotatable bonds is 7. The molecule has 1 saturated heterocycles. The second-order valence-electron chi connectivity index (χ2n) is 6.71. The molecule has 1 heterocycles. The first kappa shape index (κ1) is 20.4. The molecule has 1 aliphatic rings. The molecule has 0 aromatic heterocycles. The van der Waals surface area contributed by atoms with Crippen molar-refractivity contribution in [2.45, 2.75) is 23.9 Å². The van der Waals surface area contributed by atoms with Crippen LogP contribution in [-0.4, -0.2) is 47.9 Å². The number of morpholine rings is 1. The summed E-state index contributed by atoms with van der Waals surface area (Å²) < 4.78 is 22.7. The summed E-state index contributed by atoms with van der Waals surface area (Å²) in [5.41, 5.74) is 1.80. The van der Waals surface area contributed by atoms with Crippen LogP contribution in [0.1, 0.15) is 27.5 Å². The third-order valence-corrected chi connectivity index (χ3v) is 5.61. The number of aliphatic hydroxyl groups is 1. The lowest BCUT2D eigenvalue weighted by Gasteiger charge is -2.37. The number of benzene rings is 2. The van der Waals surface area contributed by atoms with Gasteiger partial charge in [0.25, 0.3) is 0 Å². The third-order valence-electron chi connectivity index (χ3n) is 4.85. The highest BCUT2D eigenvalue weighted by atomic mass is 31.1. The van der Waals surface area contributed by atoms with Gasteiger partial charge in [-0.15, -0.1) is 0 Å². The van der Waals surface area contributed by atoms with Crippen LogP contribution in [0.25, 0.3) is 0 Å². The highest BCUT2D eigenvalue weighted by Crippen LogP contribution is 2.33. The highest BCUT2D eigenvalue weighted by Gasteiger charge is 2.41. The Bertz CT molecular complexity index is 835. The first-order valence-corrected chi connectivity index (χ1v) is 9.64. The minimum atomic E-state index is -1.57. The molecule has 2 aromatic rings. The number of hydrogen-bond acceptors (Lipinski definition) is 6. The van der Waals surface area contributed by atoms with Crippen LogP contribution in [0.4, 0.5) is 0 Å². The molecule has 0 radical (unpaired) electrons. The molecule has 148 valence electrons. The van der Waals surface area contributed by atoms with E-state index < -0.39 is 25.9 Å². The smallest absolute Gasteiger partial charge is 0.335 e. The number of aromatic carboxylic acids is 1. The van der Waals surface area contributed by atoms with Crippen LogP contribution >= 0.6 is 8.46 Å². The Labute approximate surface area is 164 Å². The summed E-state index contributed by atoms with van der Waals surface area (Å²) >= 11 is 0. The molecule has 1 aliphatic heterocycles. The fourth-order valence-electron chi connectivity index (χ4n) is 3.23. The topological polar surface area (TPSA) is 105 Å². The maximum atomic E-state index is 11.8. The summed E-state index contributed by atoms with van der Waals surface area (Å²) in [6, 6.07) is 13.6. The maximum absolute atomic E-state index is 11.8. The Morgan fingerprint density at radius 2 is 2.07 bits per heavy atom. The fourth-order valence-corrected chi connectivity index (χ4v) is 3.76. The van der Waals surface area contributed by atoms with Gasteiger partial charge >= 0.3 is 5.97 Å². The van der Waals surface area contributed by atoms with Gasteiger partial charge in [-0.3, -0.25) is 4.57 Å². The van der Waals surface area contributed by atoms with E-state index >= 15 is 0 Å². The van der Waals surface area contributed by atoms with Crippen molar-refractivity contribution >= 4 is 14.4 Å². The lowest BCUT2D eigenvalue weighted by Crippen LogP contribution is -2.52. The molecular weight excluding hydrogens is 381 g/mol. The van der Waals surface area contributed by atoms with E-state index in [9.17, 15) is 14.5 Å². The molecule has 0 amide bonds. The second-order valence-corrected chi connectivity index (χ2v) is 7.67. The number of carboxylic acids is 1. The Morgan fingerprint density at radius 1 is 1.32 bits per heavy atom. The van der Waals surface area contributed by atoms with Crippen LogP contribution in [0.15, 0.2) is 48.5 Å². The maximum Gasteiger partial charge on any atom is 0.335 e. The van der Waals surface area contributed by atoms with Crippen LogP contribution in [-0.2, 0) is 15.7 Å². The van der Waals surface area contributed by atoms with E-state index in [2.05, 4.69) is 5.32 Å². The molecule has 0 saturated carbocycles. The van der Waals surface area contributed by atoms with Crippen LogP contribution < -0.4 is 10.1 Å². The quantitative estimate of drug-likeness (QED) is 0.611. The number of methoxy groups -OCH3 is 1. The summed E-state index contributed by atoms with van der Waals surface area (Å²) in [5, 5.41) is 21.7. The first-order valence-electron chi connectivity index (χ1n) is 8.83. The number of carboxylic acid groups (broad SMARTS) is 1. The van der Waals surface area contributed by atoms with Crippen molar-refractivity contribution in [2.24, 2.45) is 0 Å². The van der Waals surface area contributed by atoms with E-state index in [1.807, 2.05) is 18.2 Å². The van der Waals surface area contributed by atoms with Gasteiger partial charge in [0.2, 0.25) is 0 Å². The van der Waals surface area contributed by atoms with Gasteiger partial charge < -0.3 is 25.0 Å². The molecule has 3 rings (SSSR count). The van der Waals surface area contributed by atoms with Crippen molar-refractivity contribution in [2.75, 3.05) is 20.3 Å². The largest absolute Gasteiger partial charge is 0.497 e. The molecular formula is C20H22NO6P. The molecule has 2 aromatic carbocycles. The predicted octanol–water partition coefficient (Wildman–Crippen LogP) is 2.65. The molecule has 0 aliphatic carbocycles. The van der Waals surface area contributed by atoms with Gasteiger partial charge in [-0.1, -0.05) is 24.3 Å². The van der Waals surface area contributed by atoms with E-state index in [0.717, 1.165) is 11.1 Å². The van der Waals surface area contributed by atoms with Crippen molar-refractivity contribution in [1.29, 1.82) is 0 Å². The molecule has 1 fully saturated rings.